The summed E-state index contributed by atoms with van der Waals surface area (Å²) in [6.45, 7) is 4.43. The topological polar surface area (TPSA) is 0 Å². The van der Waals surface area contributed by atoms with Crippen LogP contribution in [0.4, 0.5) is 0 Å². The van der Waals surface area contributed by atoms with Crippen LogP contribution in [0.3, 0.4) is 0 Å². The third kappa shape index (κ3) is 23.6. The van der Waals surface area contributed by atoms with Crippen LogP contribution in [0, 0.1) is 11.8 Å². The Balaban J connectivity index is 2.98. The van der Waals surface area contributed by atoms with E-state index in [0.29, 0.717) is 0 Å². The molecular weight excluding hydrogens is 300 g/mol. The molecule has 0 amide bonds. The van der Waals surface area contributed by atoms with E-state index in [2.05, 4.69) is 25.7 Å². The van der Waals surface area contributed by atoms with Crippen LogP contribution in [-0.2, 0) is 0 Å². The lowest BCUT2D eigenvalue weighted by atomic mass is 10.0. The normalized spacial score (nSPS) is 10.6. The molecule has 0 aliphatic carbocycles. The fourth-order valence-corrected chi connectivity index (χ4v) is 3.51. The highest BCUT2D eigenvalue weighted by Gasteiger charge is 1.95. The van der Waals surface area contributed by atoms with Crippen molar-refractivity contribution in [1.29, 1.82) is 0 Å². The summed E-state index contributed by atoms with van der Waals surface area (Å²) in [4.78, 5) is 0. The molecule has 0 atom stereocenters. The van der Waals surface area contributed by atoms with E-state index in [1.807, 2.05) is 0 Å². The van der Waals surface area contributed by atoms with Crippen LogP contribution in [0.2, 0.25) is 0 Å². The van der Waals surface area contributed by atoms with Crippen LogP contribution in [0.25, 0.3) is 0 Å². The molecule has 0 rings (SSSR count). The first-order chi connectivity index (χ1) is 12.4. The summed E-state index contributed by atoms with van der Waals surface area (Å²) in [6, 6.07) is 0. The average Bonchev–Trinajstić information content (AvgIpc) is 2.63. The summed E-state index contributed by atoms with van der Waals surface area (Å²) in [7, 11) is 0. The predicted molar refractivity (Wildman–Crippen MR) is 116 cm³/mol. The monoisotopic (exact) mass is 348 g/mol. The number of hydrogen-bond acceptors (Lipinski definition) is 0. The zero-order valence-corrected chi connectivity index (χ0v) is 17.8. The van der Waals surface area contributed by atoms with Gasteiger partial charge in [0.15, 0.2) is 0 Å². The maximum atomic E-state index is 3.24. The molecule has 0 N–H and O–H groups in total. The predicted octanol–water partition coefficient (Wildman–Crippen LogP) is 9.22. The van der Waals surface area contributed by atoms with Gasteiger partial charge in [0, 0.05) is 12.8 Å². The lowest BCUT2D eigenvalue weighted by Crippen LogP contribution is -1.84. The second-order valence-electron chi connectivity index (χ2n) is 7.82. The Morgan fingerprint density at radius 2 is 0.680 bits per heavy atom. The Kier molecular flexibility index (Phi) is 23.1. The minimum Gasteiger partial charge on any atom is -0.104 e. The van der Waals surface area contributed by atoms with Gasteiger partial charge in [-0.1, -0.05) is 129 Å². The van der Waals surface area contributed by atoms with E-state index in [-0.39, 0.29) is 0 Å². The molecule has 0 aliphatic heterocycles. The summed E-state index contributed by atoms with van der Waals surface area (Å²) in [5, 5.41) is 0. The fourth-order valence-electron chi connectivity index (χ4n) is 3.51. The van der Waals surface area contributed by atoms with E-state index in [1.54, 1.807) is 0 Å². The van der Waals surface area contributed by atoms with Crippen LogP contribution in [0.1, 0.15) is 149 Å². The Morgan fingerprint density at radius 3 is 1.00 bits per heavy atom. The van der Waals surface area contributed by atoms with Crippen molar-refractivity contribution in [2.75, 3.05) is 0 Å². The zero-order chi connectivity index (χ0) is 18.3. The molecule has 0 radical (unpaired) electrons. The van der Waals surface area contributed by atoms with Crippen molar-refractivity contribution in [2.24, 2.45) is 0 Å². The molecule has 0 unspecified atom stereocenters. The van der Waals surface area contributed by atoms with Crippen LogP contribution < -0.4 is 0 Å². The molecule has 148 valence electrons. The van der Waals surface area contributed by atoms with Crippen LogP contribution >= 0.6 is 0 Å². The molecule has 0 saturated heterocycles. The maximum absolute atomic E-state index is 3.24. The van der Waals surface area contributed by atoms with Gasteiger partial charge in [0.05, 0.1) is 0 Å². The zero-order valence-electron chi connectivity index (χ0n) is 17.8. The summed E-state index contributed by atoms with van der Waals surface area (Å²) in [5.74, 6) is 6.40. The maximum Gasteiger partial charge on any atom is 0.00886 e. The molecule has 0 bridgehead atoms. The Labute approximate surface area is 160 Å². The molecule has 0 aliphatic rings. The fraction of sp³-hybridized carbons (Fsp3) is 0.920. The van der Waals surface area contributed by atoms with Gasteiger partial charge in [-0.15, -0.1) is 11.8 Å². The smallest absolute Gasteiger partial charge is 0.00886 e. The van der Waals surface area contributed by atoms with Crippen LogP contribution in [-0.4, -0.2) is 0 Å². The van der Waals surface area contributed by atoms with Gasteiger partial charge in [0.2, 0.25) is 0 Å². The van der Waals surface area contributed by atoms with Crippen molar-refractivity contribution in [1.82, 2.24) is 0 Å². The summed E-state index contributed by atoms with van der Waals surface area (Å²) in [5.41, 5.74) is 0. The molecule has 0 spiro atoms. The highest BCUT2D eigenvalue weighted by Crippen LogP contribution is 2.14. The highest BCUT2D eigenvalue weighted by molar-refractivity contribution is 4.97. The van der Waals surface area contributed by atoms with Crippen molar-refractivity contribution in [3.8, 4) is 11.8 Å². The molecule has 0 aromatic rings. The largest absolute Gasteiger partial charge is 0.104 e. The van der Waals surface area contributed by atoms with Gasteiger partial charge in [-0.05, 0) is 6.42 Å². The Morgan fingerprint density at radius 1 is 0.360 bits per heavy atom. The molecule has 0 heteroatoms. The van der Waals surface area contributed by atoms with Crippen molar-refractivity contribution in [3.63, 3.8) is 0 Å². The van der Waals surface area contributed by atoms with Crippen molar-refractivity contribution >= 4 is 0 Å². The summed E-state index contributed by atoms with van der Waals surface area (Å²) >= 11 is 0. The first-order valence-electron chi connectivity index (χ1n) is 11.9. The minimum absolute atomic E-state index is 1.01. The van der Waals surface area contributed by atoms with Crippen molar-refractivity contribution in [2.45, 2.75) is 149 Å². The van der Waals surface area contributed by atoms with Gasteiger partial charge in [-0.25, -0.2) is 0 Å². The lowest BCUT2D eigenvalue weighted by Gasteiger charge is -2.03. The van der Waals surface area contributed by atoms with E-state index < -0.39 is 0 Å². The molecule has 0 aromatic heterocycles. The Hall–Kier alpha value is -0.440. The molecule has 0 aromatic carbocycles. The van der Waals surface area contributed by atoms with Gasteiger partial charge >= 0.3 is 0 Å². The first-order valence-corrected chi connectivity index (χ1v) is 11.9. The van der Waals surface area contributed by atoms with E-state index in [4.69, 9.17) is 0 Å². The van der Waals surface area contributed by atoms with Gasteiger partial charge in [-0.3, -0.25) is 0 Å². The summed E-state index contributed by atoms with van der Waals surface area (Å²) in [6.07, 6.45) is 29.7. The number of unbranched alkanes of at least 4 members (excludes halogenated alkanes) is 19. The summed E-state index contributed by atoms with van der Waals surface area (Å²) < 4.78 is 0. The van der Waals surface area contributed by atoms with E-state index in [0.717, 1.165) is 12.8 Å². The number of rotatable bonds is 19. The van der Waals surface area contributed by atoms with Crippen molar-refractivity contribution in [3.05, 3.63) is 0 Å². The second-order valence-corrected chi connectivity index (χ2v) is 7.82. The van der Waals surface area contributed by atoms with E-state index in [9.17, 15) is 0 Å². The third-order valence-corrected chi connectivity index (χ3v) is 5.21. The quantitative estimate of drug-likeness (QED) is 0.161. The van der Waals surface area contributed by atoms with Crippen LogP contribution in [0.15, 0.2) is 0 Å². The minimum atomic E-state index is 1.01. The van der Waals surface area contributed by atoms with Gasteiger partial charge in [-0.2, -0.15) is 0 Å². The first kappa shape index (κ1) is 24.6. The molecular formula is C25H48. The van der Waals surface area contributed by atoms with Crippen molar-refractivity contribution < 1.29 is 0 Å². The number of hydrogen-bond donors (Lipinski definition) is 0. The van der Waals surface area contributed by atoms with E-state index >= 15 is 0 Å². The highest BCUT2D eigenvalue weighted by atomic mass is 14.0. The average molecular weight is 349 g/mol. The van der Waals surface area contributed by atoms with E-state index in [1.165, 1.54) is 122 Å². The molecule has 0 fully saturated rings. The molecule has 0 heterocycles. The SMILES string of the molecule is CCC#CCCCCCCCCCCCCCCCCCCCCC. The Bertz CT molecular complexity index is 280. The molecule has 0 nitrogen and oxygen atoms in total. The molecule has 25 heavy (non-hydrogen) atoms. The van der Waals surface area contributed by atoms with Gasteiger partial charge < -0.3 is 0 Å². The standard InChI is InChI=1S/C25H48/c1-3-5-7-9-11-13-15-17-19-21-23-25-24-22-20-18-16-14-12-10-8-6-4-2/h3-5,7,9-25H2,1-2H3. The second kappa shape index (κ2) is 23.6. The van der Waals surface area contributed by atoms with Gasteiger partial charge in [0.25, 0.3) is 0 Å². The third-order valence-electron chi connectivity index (χ3n) is 5.21. The van der Waals surface area contributed by atoms with Gasteiger partial charge in [0.1, 0.15) is 0 Å². The lowest BCUT2D eigenvalue weighted by molar-refractivity contribution is 0.524. The van der Waals surface area contributed by atoms with Crippen LogP contribution in [0.5, 0.6) is 0 Å². The molecule has 0 saturated carbocycles.